The minimum absolute atomic E-state index is 0.113. The number of phenolic OH excluding ortho intramolecular Hbond substituents is 1. The second-order valence-corrected chi connectivity index (χ2v) is 7.58. The van der Waals surface area contributed by atoms with Crippen LogP contribution in [0.5, 0.6) is 11.5 Å². The van der Waals surface area contributed by atoms with E-state index < -0.39 is 0 Å². The molecule has 0 fully saturated rings. The number of nitrogens with zero attached hydrogens (tertiary/aromatic N) is 1. The fourth-order valence-corrected chi connectivity index (χ4v) is 3.69. The first-order chi connectivity index (χ1) is 11.0. The van der Waals surface area contributed by atoms with Crippen LogP contribution in [-0.4, -0.2) is 23.8 Å². The monoisotopic (exact) mass is 600 g/mol. The molecule has 2 aromatic rings. The number of rotatable bonds is 5. The van der Waals surface area contributed by atoms with Crippen LogP contribution in [0.4, 0.5) is 0 Å². The first-order valence-electron chi connectivity index (χ1n) is 6.34. The summed E-state index contributed by atoms with van der Waals surface area (Å²) in [6.07, 6.45) is 1.38. The van der Waals surface area contributed by atoms with E-state index in [9.17, 15) is 9.90 Å². The normalized spacial score (nSPS) is 10.7. The SMILES string of the molecule is O=C(COc1ccccc1I)N/N=C/c1cc(Br)cc(I)c1O. The molecule has 120 valence electrons. The van der Waals surface area contributed by atoms with Crippen LogP contribution in [0.1, 0.15) is 5.56 Å². The molecular formula is C15H11BrI2N2O3. The Balaban J connectivity index is 1.91. The fraction of sp³-hybridized carbons (Fsp3) is 0.0667. The van der Waals surface area contributed by atoms with Crippen LogP contribution in [0.3, 0.4) is 0 Å². The number of para-hydroxylation sites is 1. The van der Waals surface area contributed by atoms with E-state index in [4.69, 9.17) is 4.74 Å². The number of hydrogen-bond donors (Lipinski definition) is 2. The molecule has 0 heterocycles. The van der Waals surface area contributed by atoms with E-state index in [-0.39, 0.29) is 18.3 Å². The molecule has 5 nitrogen and oxygen atoms in total. The van der Waals surface area contributed by atoms with Gasteiger partial charge in [0.1, 0.15) is 11.5 Å². The van der Waals surface area contributed by atoms with Gasteiger partial charge in [0.15, 0.2) is 6.61 Å². The number of phenols is 1. The van der Waals surface area contributed by atoms with Crippen molar-refractivity contribution < 1.29 is 14.6 Å². The van der Waals surface area contributed by atoms with E-state index in [0.717, 1.165) is 8.04 Å². The van der Waals surface area contributed by atoms with Gasteiger partial charge in [-0.25, -0.2) is 5.43 Å². The van der Waals surface area contributed by atoms with Gasteiger partial charge < -0.3 is 9.84 Å². The van der Waals surface area contributed by atoms with Crippen molar-refractivity contribution in [2.24, 2.45) is 5.10 Å². The van der Waals surface area contributed by atoms with E-state index in [1.165, 1.54) is 6.21 Å². The van der Waals surface area contributed by atoms with Gasteiger partial charge in [0.2, 0.25) is 0 Å². The van der Waals surface area contributed by atoms with E-state index in [2.05, 4.69) is 49.0 Å². The van der Waals surface area contributed by atoms with Crippen molar-refractivity contribution in [2.75, 3.05) is 6.61 Å². The molecule has 1 amide bonds. The highest BCUT2D eigenvalue weighted by Crippen LogP contribution is 2.27. The number of amides is 1. The molecule has 2 aromatic carbocycles. The molecular weight excluding hydrogens is 590 g/mol. The summed E-state index contributed by atoms with van der Waals surface area (Å²) in [4.78, 5) is 11.7. The van der Waals surface area contributed by atoms with E-state index in [1.807, 2.05) is 40.8 Å². The van der Waals surface area contributed by atoms with E-state index in [0.29, 0.717) is 14.9 Å². The van der Waals surface area contributed by atoms with Crippen LogP contribution in [-0.2, 0) is 4.79 Å². The molecule has 0 saturated heterocycles. The number of ether oxygens (including phenoxy) is 1. The molecule has 0 unspecified atom stereocenters. The zero-order chi connectivity index (χ0) is 16.8. The quantitative estimate of drug-likeness (QED) is 0.311. The molecule has 0 spiro atoms. The second-order valence-electron chi connectivity index (χ2n) is 4.34. The first-order valence-corrected chi connectivity index (χ1v) is 9.29. The highest BCUT2D eigenvalue weighted by molar-refractivity contribution is 14.1. The molecule has 2 N–H and O–H groups in total. The molecule has 0 aliphatic rings. The Bertz CT molecular complexity index is 753. The van der Waals surface area contributed by atoms with Crippen LogP contribution in [0, 0.1) is 7.14 Å². The zero-order valence-corrected chi connectivity index (χ0v) is 17.5. The standard InChI is InChI=1S/C15H11BrI2N2O3/c16-10-5-9(15(22)12(18)6-10)7-19-20-14(21)8-23-13-4-2-1-3-11(13)17/h1-7,22H,8H2,(H,20,21)/b19-7+. The second kappa shape index (κ2) is 8.83. The summed E-state index contributed by atoms with van der Waals surface area (Å²) < 4.78 is 7.84. The Hall–Kier alpha value is -0.880. The van der Waals surface area contributed by atoms with Crippen molar-refractivity contribution in [3.63, 3.8) is 0 Å². The summed E-state index contributed by atoms with van der Waals surface area (Å²) in [6.45, 7) is -0.140. The number of aromatic hydroxyl groups is 1. The van der Waals surface area contributed by atoms with E-state index >= 15 is 0 Å². The molecule has 0 aromatic heterocycles. The van der Waals surface area contributed by atoms with Crippen molar-refractivity contribution in [3.8, 4) is 11.5 Å². The number of carbonyl (C=O) groups excluding carboxylic acids is 1. The van der Waals surface area contributed by atoms with Gasteiger partial charge in [-0.1, -0.05) is 28.1 Å². The topological polar surface area (TPSA) is 70.9 Å². The van der Waals surface area contributed by atoms with Crippen molar-refractivity contribution in [1.82, 2.24) is 5.43 Å². The molecule has 0 aliphatic heterocycles. The number of nitrogens with one attached hydrogen (secondary N) is 1. The van der Waals surface area contributed by atoms with Crippen molar-refractivity contribution >= 4 is 73.2 Å². The highest BCUT2D eigenvalue weighted by Gasteiger charge is 2.06. The average Bonchev–Trinajstić information content (AvgIpc) is 2.51. The molecule has 0 radical (unpaired) electrons. The van der Waals surface area contributed by atoms with Crippen LogP contribution >= 0.6 is 61.1 Å². The lowest BCUT2D eigenvalue weighted by molar-refractivity contribution is -0.123. The smallest absolute Gasteiger partial charge is 0.277 e. The number of hydrogen-bond acceptors (Lipinski definition) is 4. The maximum atomic E-state index is 11.7. The van der Waals surface area contributed by atoms with Gasteiger partial charge in [-0.2, -0.15) is 5.10 Å². The van der Waals surface area contributed by atoms with Crippen LogP contribution in [0.15, 0.2) is 46.0 Å². The van der Waals surface area contributed by atoms with E-state index in [1.54, 1.807) is 18.2 Å². The van der Waals surface area contributed by atoms with Crippen molar-refractivity contribution in [3.05, 3.63) is 53.6 Å². The molecule has 0 saturated carbocycles. The van der Waals surface area contributed by atoms with Gasteiger partial charge in [0.05, 0.1) is 13.4 Å². The maximum absolute atomic E-state index is 11.7. The Morgan fingerprint density at radius 3 is 2.78 bits per heavy atom. The Morgan fingerprint density at radius 2 is 2.04 bits per heavy atom. The van der Waals surface area contributed by atoms with Crippen molar-refractivity contribution in [2.45, 2.75) is 0 Å². The maximum Gasteiger partial charge on any atom is 0.277 e. The number of benzene rings is 2. The number of hydrazone groups is 1. The summed E-state index contributed by atoms with van der Waals surface area (Å²) in [6, 6.07) is 10.9. The fourth-order valence-electron chi connectivity index (χ4n) is 1.60. The summed E-state index contributed by atoms with van der Waals surface area (Å²) in [5.41, 5.74) is 2.86. The summed E-state index contributed by atoms with van der Waals surface area (Å²) in [5, 5.41) is 13.7. The minimum Gasteiger partial charge on any atom is -0.506 e. The molecule has 23 heavy (non-hydrogen) atoms. The summed E-state index contributed by atoms with van der Waals surface area (Å²) in [7, 11) is 0. The molecule has 8 heteroatoms. The number of carbonyl (C=O) groups is 1. The van der Waals surface area contributed by atoms with Gasteiger partial charge in [-0.05, 0) is 69.4 Å². The molecule has 0 bridgehead atoms. The minimum atomic E-state index is -0.384. The third-order valence-corrected chi connectivity index (χ3v) is 4.82. The lowest BCUT2D eigenvalue weighted by Gasteiger charge is -2.06. The molecule has 2 rings (SSSR count). The van der Waals surface area contributed by atoms with Crippen LogP contribution in [0.2, 0.25) is 0 Å². The molecule has 0 atom stereocenters. The van der Waals surface area contributed by atoms with Gasteiger partial charge in [-0.3, -0.25) is 4.79 Å². The lowest BCUT2D eigenvalue weighted by atomic mass is 10.2. The summed E-state index contributed by atoms with van der Waals surface area (Å²) in [5.74, 6) is 0.374. The summed E-state index contributed by atoms with van der Waals surface area (Å²) >= 11 is 7.49. The van der Waals surface area contributed by atoms with Gasteiger partial charge in [-0.15, -0.1) is 0 Å². The predicted octanol–water partition coefficient (Wildman–Crippen LogP) is 3.89. The predicted molar refractivity (Wildman–Crippen MR) is 109 cm³/mol. The van der Waals surface area contributed by atoms with Gasteiger partial charge in [0.25, 0.3) is 5.91 Å². The van der Waals surface area contributed by atoms with Crippen molar-refractivity contribution in [1.29, 1.82) is 0 Å². The van der Waals surface area contributed by atoms with Crippen LogP contribution in [0.25, 0.3) is 0 Å². The third kappa shape index (κ3) is 5.60. The Kier molecular flexibility index (Phi) is 7.09. The highest BCUT2D eigenvalue weighted by atomic mass is 127. The first kappa shape index (κ1) is 18.5. The Morgan fingerprint density at radius 1 is 1.30 bits per heavy atom. The number of halogens is 3. The van der Waals surface area contributed by atoms with Crippen LogP contribution < -0.4 is 10.2 Å². The average molecular weight is 601 g/mol. The zero-order valence-electron chi connectivity index (χ0n) is 11.6. The lowest BCUT2D eigenvalue weighted by Crippen LogP contribution is -2.24. The van der Waals surface area contributed by atoms with Gasteiger partial charge >= 0.3 is 0 Å². The van der Waals surface area contributed by atoms with Gasteiger partial charge in [0, 0.05) is 10.0 Å². The molecule has 0 aliphatic carbocycles. The Labute approximate surface area is 168 Å². The third-order valence-electron chi connectivity index (χ3n) is 2.65. The largest absolute Gasteiger partial charge is 0.506 e.